The van der Waals surface area contributed by atoms with Crippen LogP contribution in [-0.2, 0) is 17.0 Å². The number of rotatable bonds is 18. The Labute approximate surface area is 399 Å². The number of hydrogen-bond donors (Lipinski definition) is 2. The molecule has 0 aliphatic carbocycles. The van der Waals surface area contributed by atoms with Crippen molar-refractivity contribution in [1.29, 1.82) is 0 Å². The van der Waals surface area contributed by atoms with Gasteiger partial charge in [0.1, 0.15) is 23.0 Å². The minimum absolute atomic E-state index is 0.00886. The summed E-state index contributed by atoms with van der Waals surface area (Å²) in [5.74, 6) is 2.03. The van der Waals surface area contributed by atoms with Crippen LogP contribution in [0.3, 0.4) is 0 Å². The molecule has 6 rings (SSSR count). The van der Waals surface area contributed by atoms with Crippen LogP contribution < -0.4 is 9.47 Å². The summed E-state index contributed by atoms with van der Waals surface area (Å²) >= 11 is 12.1. The van der Waals surface area contributed by atoms with Crippen LogP contribution in [0.2, 0.25) is 10.0 Å². The van der Waals surface area contributed by atoms with Crippen LogP contribution in [-0.4, -0.2) is 35.9 Å². The molecule has 0 saturated heterocycles. The van der Waals surface area contributed by atoms with Crippen LogP contribution in [0.4, 0.5) is 11.4 Å². The molecule has 0 bridgehead atoms. The van der Waals surface area contributed by atoms with Gasteiger partial charge in [0, 0.05) is 56.6 Å². The van der Waals surface area contributed by atoms with E-state index in [1.54, 1.807) is 24.6 Å². The van der Waals surface area contributed by atoms with E-state index in [4.69, 9.17) is 51.3 Å². The van der Waals surface area contributed by atoms with Gasteiger partial charge in [-0.3, -0.25) is 9.98 Å². The van der Waals surface area contributed by atoms with Crippen molar-refractivity contribution in [2.45, 2.75) is 51.4 Å². The Hall–Kier alpha value is -4.79. The Bertz CT molecular complexity index is 2200. The summed E-state index contributed by atoms with van der Waals surface area (Å²) in [7, 11) is 9.78. The molecule has 2 atom stereocenters. The number of phenols is 2. The third kappa shape index (κ3) is 17.0. The van der Waals surface area contributed by atoms with E-state index in [1.165, 1.54) is 0 Å². The fourth-order valence-corrected chi connectivity index (χ4v) is 6.83. The average molecular weight is 959 g/mol. The topological polar surface area (TPSA) is 83.6 Å². The number of aliphatic imine (C=N–C) groups is 2. The second-order valence-electron chi connectivity index (χ2n) is 14.3. The first kappa shape index (κ1) is 50.9. The third-order valence-corrected chi connectivity index (χ3v) is 10.3. The quantitative estimate of drug-likeness (QED) is 0.0389. The van der Waals surface area contributed by atoms with Crippen molar-refractivity contribution >= 4 is 65.6 Å². The Morgan fingerprint density at radius 2 is 0.921 bits per heavy atom. The van der Waals surface area contributed by atoms with Gasteiger partial charge in [0.15, 0.2) is 0 Å². The average Bonchev–Trinajstić information content (AvgIpc) is 3.31. The molecule has 0 radical (unpaired) electrons. The van der Waals surface area contributed by atoms with E-state index in [-0.39, 0.29) is 23.3 Å². The molecule has 11 heteroatoms. The predicted molar refractivity (Wildman–Crippen MR) is 263 cm³/mol. The fraction of sp³-hybridized carbons (Fsp3) is 0.192. The van der Waals surface area contributed by atoms with Crippen LogP contribution in [0.5, 0.6) is 23.0 Å². The summed E-state index contributed by atoms with van der Waals surface area (Å²) in [5, 5.41) is 22.8. The number of allylic oxidation sites excluding steroid dienone is 2. The van der Waals surface area contributed by atoms with Crippen molar-refractivity contribution in [3.8, 4) is 23.0 Å². The van der Waals surface area contributed by atoms with E-state index < -0.39 is 17.0 Å². The molecule has 0 aromatic heterocycles. The number of aromatic hydroxyl groups is 2. The first-order valence-corrected chi connectivity index (χ1v) is 25.5. The second kappa shape index (κ2) is 28.1. The number of phenolic OH excluding ortho intramolecular Hbond substituents is 2. The van der Waals surface area contributed by atoms with Gasteiger partial charge >= 0.3 is 35.6 Å². The van der Waals surface area contributed by atoms with E-state index >= 15 is 0 Å². The normalized spacial score (nSPS) is 11.7. The van der Waals surface area contributed by atoms with Crippen LogP contribution in [0, 0.1) is 0 Å². The molecule has 2 unspecified atom stereocenters. The van der Waals surface area contributed by atoms with Crippen molar-refractivity contribution in [2.24, 2.45) is 9.98 Å². The number of benzene rings is 6. The number of ether oxygens (including phenoxy) is 2. The molecule has 0 spiro atoms. The van der Waals surface area contributed by atoms with Gasteiger partial charge in [-0.2, -0.15) is 0 Å². The van der Waals surface area contributed by atoms with Crippen LogP contribution in [0.1, 0.15) is 84.7 Å². The molecular formula is C52H52Cl4N2O4Ti. The van der Waals surface area contributed by atoms with E-state index in [9.17, 15) is 10.2 Å². The van der Waals surface area contributed by atoms with Crippen LogP contribution in [0.15, 0.2) is 169 Å². The molecule has 326 valence electrons. The first-order valence-electron chi connectivity index (χ1n) is 20.4. The van der Waals surface area contributed by atoms with Gasteiger partial charge in [-0.1, -0.05) is 110 Å². The number of nitrogens with zero attached hydrogens (tertiary/aromatic N) is 2. The third-order valence-electron chi connectivity index (χ3n) is 9.82. The summed E-state index contributed by atoms with van der Waals surface area (Å²) in [6, 6.07) is 42.2. The second-order valence-corrected chi connectivity index (χ2v) is 17.7. The Morgan fingerprint density at radius 1 is 0.571 bits per heavy atom. The van der Waals surface area contributed by atoms with Crippen LogP contribution >= 0.6 is 41.8 Å². The number of halogens is 4. The predicted octanol–water partition coefficient (Wildman–Crippen LogP) is 16.0. The van der Waals surface area contributed by atoms with Crippen molar-refractivity contribution in [2.75, 3.05) is 13.2 Å². The monoisotopic (exact) mass is 956 g/mol. The SMILES string of the molecule is C=CCCCOc1ccc(N=Cc2cc(Cl)cc(C(C)c3ccccc3)c2O)cc1.C=CCCCOc1ccc(N=Cc2cc(Cl)cc(C(C)c3ccccc3)c2O)cc1.[Cl][Ti][Cl]. The molecule has 6 nitrogen and oxygen atoms in total. The summed E-state index contributed by atoms with van der Waals surface area (Å²) < 4.78 is 11.4. The molecule has 2 N–H and O–H groups in total. The molecule has 0 fully saturated rings. The van der Waals surface area contributed by atoms with Crippen LogP contribution in [0.25, 0.3) is 0 Å². The molecule has 0 saturated carbocycles. The van der Waals surface area contributed by atoms with Crippen molar-refractivity contribution in [1.82, 2.24) is 0 Å². The first-order chi connectivity index (χ1) is 30.6. The Balaban J connectivity index is 0.000000260. The number of unbranched alkanes of at least 4 members (excludes halogenated alkanes) is 2. The zero-order valence-electron chi connectivity index (χ0n) is 35.4. The van der Waals surface area contributed by atoms with E-state index in [0.717, 1.165) is 70.8 Å². The maximum absolute atomic E-state index is 10.8. The summed E-state index contributed by atoms with van der Waals surface area (Å²) in [4.78, 5) is 8.98. The van der Waals surface area contributed by atoms with Gasteiger partial charge in [0.2, 0.25) is 0 Å². The molecule has 6 aromatic rings. The fourth-order valence-electron chi connectivity index (χ4n) is 6.36. The molecule has 0 heterocycles. The Morgan fingerprint density at radius 3 is 1.25 bits per heavy atom. The van der Waals surface area contributed by atoms with Crippen molar-refractivity contribution in [3.05, 3.63) is 202 Å². The minimum atomic E-state index is -0.556. The maximum atomic E-state index is 10.8. The molecule has 0 aliphatic rings. The standard InChI is InChI=1S/2C26H26ClNO2.2ClH.Ti/c2*1-3-4-8-15-30-24-13-11-23(12-14-24)28-18-21-16-22(27)17-25(26(21)29)19(2)20-9-6-5-7-10-20;;;/h2*3,5-7,9-14,16-19,29H,1,4,8,15H2,2H3;2*1H;/q;;;;+2/p-2. The number of hydrogen-bond acceptors (Lipinski definition) is 6. The van der Waals surface area contributed by atoms with E-state index in [0.29, 0.717) is 34.4 Å². The molecule has 6 aromatic carbocycles. The van der Waals surface area contributed by atoms with Gasteiger partial charge in [0.05, 0.1) is 24.6 Å². The van der Waals surface area contributed by atoms with Gasteiger partial charge in [-0.05, 0) is 110 Å². The molecular weight excluding hydrogens is 906 g/mol. The van der Waals surface area contributed by atoms with Gasteiger partial charge in [-0.25, -0.2) is 0 Å². The van der Waals surface area contributed by atoms with Gasteiger partial charge in [-0.15, -0.1) is 13.2 Å². The molecule has 0 aliphatic heterocycles. The van der Waals surface area contributed by atoms with Gasteiger partial charge in [0.25, 0.3) is 0 Å². The van der Waals surface area contributed by atoms with Gasteiger partial charge < -0.3 is 19.7 Å². The summed E-state index contributed by atoms with van der Waals surface area (Å²) in [6.45, 7) is 12.8. The van der Waals surface area contributed by atoms with Crippen molar-refractivity contribution in [3.63, 3.8) is 0 Å². The molecule has 0 amide bonds. The summed E-state index contributed by atoms with van der Waals surface area (Å²) in [5.41, 5.74) is 6.49. The summed E-state index contributed by atoms with van der Waals surface area (Å²) in [6.07, 6.45) is 10.8. The zero-order chi connectivity index (χ0) is 45.4. The zero-order valence-corrected chi connectivity index (χ0v) is 40.0. The van der Waals surface area contributed by atoms with E-state index in [2.05, 4.69) is 37.0 Å². The van der Waals surface area contributed by atoms with Crippen molar-refractivity contribution < 1.29 is 36.7 Å². The van der Waals surface area contributed by atoms with E-state index in [1.807, 2.05) is 133 Å². The Kier molecular flexibility index (Phi) is 22.7. The molecule has 63 heavy (non-hydrogen) atoms.